The predicted octanol–water partition coefficient (Wildman–Crippen LogP) is 1.93. The van der Waals surface area contributed by atoms with E-state index in [0.717, 1.165) is 5.69 Å². The molecule has 90 valence electrons. The van der Waals surface area contributed by atoms with Gasteiger partial charge in [-0.15, -0.1) is 0 Å². The van der Waals surface area contributed by atoms with Gasteiger partial charge in [0, 0.05) is 11.9 Å². The highest BCUT2D eigenvalue weighted by Gasteiger charge is 2.15. The SMILES string of the molecule is CCOC(=O)C(=Cc1ccc(C)nc1)C(C)=O. The number of hydrogen-bond donors (Lipinski definition) is 0. The van der Waals surface area contributed by atoms with Gasteiger partial charge in [0.25, 0.3) is 0 Å². The molecule has 0 aromatic carbocycles. The van der Waals surface area contributed by atoms with Crippen molar-refractivity contribution >= 4 is 17.8 Å². The monoisotopic (exact) mass is 233 g/mol. The van der Waals surface area contributed by atoms with Crippen molar-refractivity contribution in [1.82, 2.24) is 4.98 Å². The van der Waals surface area contributed by atoms with Crippen molar-refractivity contribution in [3.63, 3.8) is 0 Å². The Morgan fingerprint density at radius 3 is 2.59 bits per heavy atom. The first kappa shape index (κ1) is 13.1. The molecular weight excluding hydrogens is 218 g/mol. The van der Waals surface area contributed by atoms with Gasteiger partial charge in [-0.25, -0.2) is 4.79 Å². The Morgan fingerprint density at radius 2 is 2.12 bits per heavy atom. The van der Waals surface area contributed by atoms with Gasteiger partial charge in [0.2, 0.25) is 0 Å². The van der Waals surface area contributed by atoms with Crippen molar-refractivity contribution in [2.75, 3.05) is 6.61 Å². The highest BCUT2D eigenvalue weighted by molar-refractivity contribution is 6.19. The fourth-order valence-electron chi connectivity index (χ4n) is 1.24. The molecule has 0 saturated heterocycles. The van der Waals surface area contributed by atoms with Gasteiger partial charge in [0.15, 0.2) is 5.78 Å². The van der Waals surface area contributed by atoms with Gasteiger partial charge >= 0.3 is 5.97 Å². The molecule has 0 aliphatic carbocycles. The standard InChI is InChI=1S/C13H15NO3/c1-4-17-13(16)12(10(3)15)7-11-6-5-9(2)14-8-11/h5-8H,4H2,1-3H3. The van der Waals surface area contributed by atoms with Gasteiger partial charge in [-0.2, -0.15) is 0 Å². The van der Waals surface area contributed by atoms with E-state index in [2.05, 4.69) is 4.98 Å². The van der Waals surface area contributed by atoms with Crippen molar-refractivity contribution in [3.8, 4) is 0 Å². The molecule has 0 amide bonds. The number of ether oxygens (including phenoxy) is 1. The molecule has 0 fully saturated rings. The van der Waals surface area contributed by atoms with Crippen molar-refractivity contribution in [3.05, 3.63) is 35.2 Å². The highest BCUT2D eigenvalue weighted by atomic mass is 16.5. The maximum Gasteiger partial charge on any atom is 0.341 e. The van der Waals surface area contributed by atoms with E-state index < -0.39 is 5.97 Å². The van der Waals surface area contributed by atoms with Crippen LogP contribution < -0.4 is 0 Å². The summed E-state index contributed by atoms with van der Waals surface area (Å²) >= 11 is 0. The summed E-state index contributed by atoms with van der Waals surface area (Å²) in [6.45, 7) is 5.15. The summed E-state index contributed by atoms with van der Waals surface area (Å²) in [6, 6.07) is 3.61. The quantitative estimate of drug-likeness (QED) is 0.345. The molecular formula is C13H15NO3. The summed E-state index contributed by atoms with van der Waals surface area (Å²) in [5.74, 6) is -0.912. The van der Waals surface area contributed by atoms with Crippen LogP contribution in [0.2, 0.25) is 0 Å². The highest BCUT2D eigenvalue weighted by Crippen LogP contribution is 2.09. The number of aryl methyl sites for hydroxylation is 1. The first-order valence-corrected chi connectivity index (χ1v) is 5.37. The Balaban J connectivity index is 3.02. The molecule has 0 aliphatic rings. The zero-order valence-corrected chi connectivity index (χ0v) is 10.2. The molecule has 0 atom stereocenters. The number of ketones is 1. The van der Waals surface area contributed by atoms with E-state index in [1.54, 1.807) is 19.2 Å². The minimum atomic E-state index is -0.597. The summed E-state index contributed by atoms with van der Waals surface area (Å²) in [4.78, 5) is 27.0. The Labute approximate surface area is 100 Å². The Morgan fingerprint density at radius 1 is 1.41 bits per heavy atom. The van der Waals surface area contributed by atoms with Gasteiger partial charge in [0.1, 0.15) is 5.57 Å². The maximum atomic E-state index is 11.5. The van der Waals surface area contributed by atoms with Crippen molar-refractivity contribution in [2.45, 2.75) is 20.8 Å². The molecule has 0 saturated carbocycles. The number of rotatable bonds is 4. The summed E-state index contributed by atoms with van der Waals surface area (Å²) in [6.07, 6.45) is 3.10. The second-order valence-corrected chi connectivity index (χ2v) is 3.57. The lowest BCUT2D eigenvalue weighted by molar-refractivity contribution is -0.139. The van der Waals surface area contributed by atoms with E-state index in [1.807, 2.05) is 13.0 Å². The number of carbonyl (C=O) groups excluding carboxylic acids is 2. The average molecular weight is 233 g/mol. The van der Waals surface area contributed by atoms with E-state index >= 15 is 0 Å². The van der Waals surface area contributed by atoms with E-state index in [0.29, 0.717) is 5.56 Å². The van der Waals surface area contributed by atoms with Crippen LogP contribution in [-0.4, -0.2) is 23.3 Å². The smallest absolute Gasteiger partial charge is 0.341 e. The molecule has 17 heavy (non-hydrogen) atoms. The zero-order valence-electron chi connectivity index (χ0n) is 10.2. The van der Waals surface area contributed by atoms with Gasteiger partial charge in [-0.3, -0.25) is 9.78 Å². The van der Waals surface area contributed by atoms with E-state index in [4.69, 9.17) is 4.74 Å². The number of carbonyl (C=O) groups is 2. The van der Waals surface area contributed by atoms with Crippen LogP contribution in [0.3, 0.4) is 0 Å². The summed E-state index contributed by atoms with van der Waals surface area (Å²) in [7, 11) is 0. The molecule has 0 N–H and O–H groups in total. The summed E-state index contributed by atoms with van der Waals surface area (Å²) < 4.78 is 4.81. The fraction of sp³-hybridized carbons (Fsp3) is 0.308. The lowest BCUT2D eigenvalue weighted by atomic mass is 10.1. The molecule has 0 aliphatic heterocycles. The minimum Gasteiger partial charge on any atom is -0.462 e. The first-order valence-electron chi connectivity index (χ1n) is 5.37. The zero-order chi connectivity index (χ0) is 12.8. The predicted molar refractivity (Wildman–Crippen MR) is 64.3 cm³/mol. The molecule has 1 heterocycles. The lowest BCUT2D eigenvalue weighted by Crippen LogP contribution is -2.13. The molecule has 4 heteroatoms. The van der Waals surface area contributed by atoms with Gasteiger partial charge in [-0.1, -0.05) is 6.07 Å². The summed E-state index contributed by atoms with van der Waals surface area (Å²) in [5.41, 5.74) is 1.62. The number of aromatic nitrogens is 1. The maximum absolute atomic E-state index is 11.5. The molecule has 0 bridgehead atoms. The number of nitrogens with zero attached hydrogens (tertiary/aromatic N) is 1. The Bertz CT molecular complexity index is 446. The van der Waals surface area contributed by atoms with Crippen LogP contribution in [0.5, 0.6) is 0 Å². The number of pyridine rings is 1. The van der Waals surface area contributed by atoms with Crippen molar-refractivity contribution in [2.24, 2.45) is 0 Å². The average Bonchev–Trinajstić information content (AvgIpc) is 2.28. The van der Waals surface area contributed by atoms with E-state index in [-0.39, 0.29) is 18.0 Å². The van der Waals surface area contributed by atoms with Crippen LogP contribution in [0.4, 0.5) is 0 Å². The molecule has 1 rings (SSSR count). The van der Waals surface area contributed by atoms with Crippen LogP contribution >= 0.6 is 0 Å². The number of hydrogen-bond acceptors (Lipinski definition) is 4. The molecule has 1 aromatic heterocycles. The first-order chi connectivity index (χ1) is 8.04. The molecule has 1 aromatic rings. The second kappa shape index (κ2) is 5.94. The normalized spacial score (nSPS) is 11.1. The lowest BCUT2D eigenvalue weighted by Gasteiger charge is -2.03. The Kier molecular flexibility index (Phi) is 4.57. The third-order valence-electron chi connectivity index (χ3n) is 2.12. The van der Waals surface area contributed by atoms with Gasteiger partial charge in [0.05, 0.1) is 6.61 Å². The third kappa shape index (κ3) is 3.83. The Hall–Kier alpha value is -1.97. The van der Waals surface area contributed by atoms with Gasteiger partial charge in [-0.05, 0) is 38.5 Å². The molecule has 4 nitrogen and oxygen atoms in total. The second-order valence-electron chi connectivity index (χ2n) is 3.57. The third-order valence-corrected chi connectivity index (χ3v) is 2.12. The topological polar surface area (TPSA) is 56.3 Å². The molecule has 0 radical (unpaired) electrons. The summed E-state index contributed by atoms with van der Waals surface area (Å²) in [5, 5.41) is 0. The van der Waals surface area contributed by atoms with Crippen LogP contribution in [0.25, 0.3) is 6.08 Å². The number of Topliss-reactive ketones (excluding diaryl/α,β-unsaturated/α-hetero) is 1. The van der Waals surface area contributed by atoms with Crippen LogP contribution in [0, 0.1) is 6.92 Å². The van der Waals surface area contributed by atoms with E-state index in [1.165, 1.54) is 13.0 Å². The van der Waals surface area contributed by atoms with Crippen LogP contribution in [0.1, 0.15) is 25.1 Å². The van der Waals surface area contributed by atoms with Crippen LogP contribution in [-0.2, 0) is 14.3 Å². The van der Waals surface area contributed by atoms with Crippen LogP contribution in [0.15, 0.2) is 23.9 Å². The van der Waals surface area contributed by atoms with Gasteiger partial charge < -0.3 is 4.74 Å². The van der Waals surface area contributed by atoms with E-state index in [9.17, 15) is 9.59 Å². The minimum absolute atomic E-state index is 0.0394. The van der Waals surface area contributed by atoms with Crippen molar-refractivity contribution < 1.29 is 14.3 Å². The van der Waals surface area contributed by atoms with Crippen molar-refractivity contribution in [1.29, 1.82) is 0 Å². The molecule has 0 spiro atoms. The number of esters is 1. The fourth-order valence-corrected chi connectivity index (χ4v) is 1.24. The largest absolute Gasteiger partial charge is 0.462 e. The molecule has 0 unspecified atom stereocenters.